The summed E-state index contributed by atoms with van der Waals surface area (Å²) in [6.07, 6.45) is 1.71. The number of benzene rings is 2. The Morgan fingerprint density at radius 1 is 1.06 bits per heavy atom. The largest absolute Gasteiger partial charge is 0.497 e. The number of carbonyl (C=O) groups is 2. The van der Waals surface area contributed by atoms with E-state index in [0.29, 0.717) is 52.1 Å². The third-order valence-electron chi connectivity index (χ3n) is 5.91. The first kappa shape index (κ1) is 22.2. The summed E-state index contributed by atoms with van der Waals surface area (Å²) < 4.78 is 10.6. The van der Waals surface area contributed by atoms with Gasteiger partial charge in [-0.25, -0.2) is 4.90 Å². The molecule has 0 aromatic heterocycles. The fourth-order valence-corrected chi connectivity index (χ4v) is 4.47. The van der Waals surface area contributed by atoms with Crippen molar-refractivity contribution >= 4 is 34.7 Å². The van der Waals surface area contributed by atoms with Gasteiger partial charge in [0.15, 0.2) is 0 Å². The molecule has 32 heavy (non-hydrogen) atoms. The van der Waals surface area contributed by atoms with Crippen LogP contribution in [-0.2, 0) is 9.59 Å². The van der Waals surface area contributed by atoms with Crippen molar-refractivity contribution in [2.45, 2.75) is 12.8 Å². The predicted octanol–water partition coefficient (Wildman–Crippen LogP) is 3.35. The highest BCUT2D eigenvalue weighted by molar-refractivity contribution is 6.46. The number of ether oxygens (including phenoxy) is 2. The lowest BCUT2D eigenvalue weighted by atomic mass is 9.97. The second-order valence-corrected chi connectivity index (χ2v) is 8.29. The number of methoxy groups -OCH3 is 2. The molecular weight excluding hydrogens is 432 g/mol. The Kier molecular flexibility index (Phi) is 6.39. The number of piperidine rings is 1. The van der Waals surface area contributed by atoms with Crippen molar-refractivity contribution in [2.24, 2.45) is 5.92 Å². The molecule has 2 heterocycles. The molecule has 168 valence electrons. The molecule has 0 spiro atoms. The molecule has 1 unspecified atom stereocenters. The maximum atomic E-state index is 13.7. The van der Waals surface area contributed by atoms with Crippen molar-refractivity contribution in [3.63, 3.8) is 0 Å². The van der Waals surface area contributed by atoms with Crippen molar-refractivity contribution in [1.29, 1.82) is 0 Å². The van der Waals surface area contributed by atoms with E-state index in [1.165, 1.54) is 7.11 Å². The lowest BCUT2D eigenvalue weighted by molar-refractivity contribution is -0.120. The van der Waals surface area contributed by atoms with Crippen LogP contribution in [0.3, 0.4) is 0 Å². The van der Waals surface area contributed by atoms with Gasteiger partial charge in [-0.3, -0.25) is 9.59 Å². The zero-order valence-corrected chi connectivity index (χ0v) is 18.8. The molecule has 8 heteroatoms. The van der Waals surface area contributed by atoms with Crippen LogP contribution in [0.4, 0.5) is 5.69 Å². The Balaban J connectivity index is 1.84. The average molecular weight is 457 g/mol. The number of carbonyl (C=O) groups excluding carboxylic acids is 2. The number of aliphatic hydroxyl groups excluding tert-OH is 1. The van der Waals surface area contributed by atoms with Gasteiger partial charge in [0, 0.05) is 24.7 Å². The summed E-state index contributed by atoms with van der Waals surface area (Å²) in [5.74, 6) is 0.200. The number of hydrogen-bond donors (Lipinski definition) is 1. The van der Waals surface area contributed by atoms with Crippen molar-refractivity contribution in [3.05, 3.63) is 58.7 Å². The summed E-state index contributed by atoms with van der Waals surface area (Å²) in [4.78, 5) is 30.5. The standard InChI is InChI=1S/C24H25ClN2O5/c1-31-18-8-5-16(6-9-18)21-22(26-11-3-4-15(13-26)14-28)24(30)27(23(21)29)19-12-17(25)7-10-20(19)32-2/h5-10,12,15,28H,3-4,11,13-14H2,1-2H3. The second kappa shape index (κ2) is 9.22. The molecule has 0 radical (unpaired) electrons. The van der Waals surface area contributed by atoms with Gasteiger partial charge in [0.05, 0.1) is 25.5 Å². The van der Waals surface area contributed by atoms with E-state index in [1.54, 1.807) is 49.6 Å². The number of anilines is 1. The molecule has 0 saturated carbocycles. The number of likely N-dealkylation sites (tertiary alicyclic amines) is 1. The zero-order valence-electron chi connectivity index (χ0n) is 18.0. The third kappa shape index (κ3) is 3.94. The van der Waals surface area contributed by atoms with Crippen LogP contribution in [0.1, 0.15) is 18.4 Å². The van der Waals surface area contributed by atoms with E-state index >= 15 is 0 Å². The Bertz CT molecular complexity index is 1070. The Morgan fingerprint density at radius 2 is 1.81 bits per heavy atom. The minimum atomic E-state index is -0.443. The molecule has 1 N–H and O–H groups in total. The van der Waals surface area contributed by atoms with E-state index in [1.807, 2.05) is 4.90 Å². The lowest BCUT2D eigenvalue weighted by Crippen LogP contribution is -2.40. The Morgan fingerprint density at radius 3 is 2.47 bits per heavy atom. The van der Waals surface area contributed by atoms with Crippen LogP contribution in [-0.4, -0.2) is 55.7 Å². The van der Waals surface area contributed by atoms with Gasteiger partial charge >= 0.3 is 0 Å². The highest BCUT2D eigenvalue weighted by atomic mass is 35.5. The normalized spacial score (nSPS) is 19.1. The highest BCUT2D eigenvalue weighted by Crippen LogP contribution is 2.40. The summed E-state index contributed by atoms with van der Waals surface area (Å²) >= 11 is 6.19. The molecule has 2 aromatic carbocycles. The van der Waals surface area contributed by atoms with E-state index in [-0.39, 0.29) is 12.5 Å². The molecule has 2 aliphatic heterocycles. The molecule has 1 fully saturated rings. The van der Waals surface area contributed by atoms with Gasteiger partial charge in [-0.2, -0.15) is 0 Å². The minimum Gasteiger partial charge on any atom is -0.497 e. The van der Waals surface area contributed by atoms with Crippen molar-refractivity contribution in [1.82, 2.24) is 4.90 Å². The van der Waals surface area contributed by atoms with Crippen LogP contribution >= 0.6 is 11.6 Å². The van der Waals surface area contributed by atoms with Crippen LogP contribution in [0.25, 0.3) is 5.57 Å². The van der Waals surface area contributed by atoms with Crippen LogP contribution < -0.4 is 14.4 Å². The number of nitrogens with zero attached hydrogens (tertiary/aromatic N) is 2. The zero-order chi connectivity index (χ0) is 22.8. The summed E-state index contributed by atoms with van der Waals surface area (Å²) in [6.45, 7) is 1.17. The maximum Gasteiger partial charge on any atom is 0.282 e. The number of imide groups is 1. The second-order valence-electron chi connectivity index (χ2n) is 7.85. The fourth-order valence-electron chi connectivity index (χ4n) is 4.30. The molecule has 2 amide bonds. The number of amides is 2. The minimum absolute atomic E-state index is 0.0373. The number of aliphatic hydroxyl groups is 1. The number of halogens is 1. The topological polar surface area (TPSA) is 79.3 Å². The van der Waals surface area contributed by atoms with Crippen LogP contribution in [0, 0.1) is 5.92 Å². The van der Waals surface area contributed by atoms with Crippen molar-refractivity contribution < 1.29 is 24.2 Å². The SMILES string of the molecule is COc1ccc(C2=C(N3CCCC(CO)C3)C(=O)N(c3cc(Cl)ccc3OC)C2=O)cc1. The first-order valence-corrected chi connectivity index (χ1v) is 10.8. The quantitative estimate of drug-likeness (QED) is 0.671. The molecule has 4 rings (SSSR count). The number of hydrogen-bond acceptors (Lipinski definition) is 6. The average Bonchev–Trinajstić information content (AvgIpc) is 3.08. The van der Waals surface area contributed by atoms with Crippen molar-refractivity contribution in [2.75, 3.05) is 38.8 Å². The van der Waals surface area contributed by atoms with Gasteiger partial charge in [-0.15, -0.1) is 0 Å². The molecule has 2 aromatic rings. The Labute approximate surface area is 191 Å². The van der Waals surface area contributed by atoms with Gasteiger partial charge in [0.1, 0.15) is 17.2 Å². The summed E-state index contributed by atoms with van der Waals surface area (Å²) in [7, 11) is 3.05. The molecule has 7 nitrogen and oxygen atoms in total. The maximum absolute atomic E-state index is 13.7. The van der Waals surface area contributed by atoms with Gasteiger partial charge in [0.25, 0.3) is 11.8 Å². The fraction of sp³-hybridized carbons (Fsp3) is 0.333. The smallest absolute Gasteiger partial charge is 0.282 e. The first-order chi connectivity index (χ1) is 15.5. The monoisotopic (exact) mass is 456 g/mol. The van der Waals surface area contributed by atoms with Gasteiger partial charge in [0.2, 0.25) is 0 Å². The van der Waals surface area contributed by atoms with Crippen LogP contribution in [0.2, 0.25) is 5.02 Å². The third-order valence-corrected chi connectivity index (χ3v) is 6.15. The Hall–Kier alpha value is -3.03. The molecule has 1 saturated heterocycles. The summed E-state index contributed by atoms with van der Waals surface area (Å²) in [5, 5.41) is 10.1. The van der Waals surface area contributed by atoms with Crippen LogP contribution in [0.5, 0.6) is 11.5 Å². The predicted molar refractivity (Wildman–Crippen MR) is 122 cm³/mol. The van der Waals surface area contributed by atoms with E-state index in [9.17, 15) is 14.7 Å². The lowest BCUT2D eigenvalue weighted by Gasteiger charge is -2.34. The van der Waals surface area contributed by atoms with Crippen LogP contribution in [0.15, 0.2) is 48.2 Å². The molecular formula is C24H25ClN2O5. The molecule has 0 bridgehead atoms. The van der Waals surface area contributed by atoms with E-state index in [0.717, 1.165) is 17.7 Å². The summed E-state index contributed by atoms with van der Waals surface area (Å²) in [6, 6.07) is 11.9. The van der Waals surface area contributed by atoms with E-state index in [2.05, 4.69) is 0 Å². The molecule has 1 atom stereocenters. The van der Waals surface area contributed by atoms with E-state index < -0.39 is 11.8 Å². The van der Waals surface area contributed by atoms with E-state index in [4.69, 9.17) is 21.1 Å². The van der Waals surface area contributed by atoms with Gasteiger partial charge in [-0.1, -0.05) is 23.7 Å². The molecule has 2 aliphatic rings. The first-order valence-electron chi connectivity index (χ1n) is 10.4. The number of rotatable bonds is 6. The molecule has 0 aliphatic carbocycles. The van der Waals surface area contributed by atoms with Gasteiger partial charge in [-0.05, 0) is 54.7 Å². The summed E-state index contributed by atoms with van der Waals surface area (Å²) in [5.41, 5.74) is 1.57. The van der Waals surface area contributed by atoms with Crippen molar-refractivity contribution in [3.8, 4) is 11.5 Å². The van der Waals surface area contributed by atoms with Gasteiger partial charge < -0.3 is 19.5 Å². The highest BCUT2D eigenvalue weighted by Gasteiger charge is 2.44.